The van der Waals surface area contributed by atoms with E-state index in [9.17, 15) is 8.42 Å². The predicted octanol–water partition coefficient (Wildman–Crippen LogP) is 1.96. The largest absolute Gasteiger partial charge is 0.282 e. The zero-order chi connectivity index (χ0) is 12.2. The maximum Gasteiger partial charge on any atom is 0.233 e. The van der Waals surface area contributed by atoms with Crippen molar-refractivity contribution in [2.75, 3.05) is 10.5 Å². The summed E-state index contributed by atoms with van der Waals surface area (Å²) < 4.78 is 25.7. The van der Waals surface area contributed by atoms with Crippen LogP contribution in [0.2, 0.25) is 0 Å². The van der Waals surface area contributed by atoms with Crippen LogP contribution in [0.15, 0.2) is 24.3 Å². The molecule has 16 heavy (non-hydrogen) atoms. The van der Waals surface area contributed by atoms with Crippen LogP contribution in [0, 0.1) is 17.2 Å². The molecule has 1 aromatic rings. The highest BCUT2D eigenvalue weighted by atomic mass is 32.2. The molecule has 0 radical (unpaired) electrons. The van der Waals surface area contributed by atoms with Gasteiger partial charge in [0.25, 0.3) is 0 Å². The molecule has 0 spiro atoms. The third-order valence-corrected chi connectivity index (χ3v) is 3.50. The number of para-hydroxylation sites is 1. The standard InChI is InChI=1S/C11H14N2O2S/c1-9(2)8-16(14,15)13-11-6-4-3-5-10(11)7-12/h3-6,9,13H,8H2,1-2H3. The molecular formula is C11H14N2O2S. The van der Waals surface area contributed by atoms with Gasteiger partial charge in [-0.05, 0) is 18.1 Å². The molecule has 0 aliphatic rings. The Morgan fingerprint density at radius 2 is 2.00 bits per heavy atom. The van der Waals surface area contributed by atoms with Gasteiger partial charge in [-0.1, -0.05) is 26.0 Å². The third-order valence-electron chi connectivity index (χ3n) is 1.87. The van der Waals surface area contributed by atoms with Gasteiger partial charge in [0.05, 0.1) is 17.0 Å². The summed E-state index contributed by atoms with van der Waals surface area (Å²) in [4.78, 5) is 0. The van der Waals surface area contributed by atoms with E-state index in [2.05, 4.69) is 4.72 Å². The number of nitrogens with one attached hydrogen (secondary N) is 1. The maximum atomic E-state index is 11.7. The fraction of sp³-hybridized carbons (Fsp3) is 0.364. The minimum absolute atomic E-state index is 0.0479. The van der Waals surface area contributed by atoms with Crippen molar-refractivity contribution in [3.05, 3.63) is 29.8 Å². The summed E-state index contributed by atoms with van der Waals surface area (Å²) in [6, 6.07) is 8.48. The summed E-state index contributed by atoms with van der Waals surface area (Å²) in [6.45, 7) is 3.66. The maximum absolute atomic E-state index is 11.7. The van der Waals surface area contributed by atoms with Crippen LogP contribution in [-0.2, 0) is 10.0 Å². The van der Waals surface area contributed by atoms with Gasteiger partial charge in [-0.3, -0.25) is 4.72 Å². The quantitative estimate of drug-likeness (QED) is 0.871. The van der Waals surface area contributed by atoms with Crippen molar-refractivity contribution in [2.45, 2.75) is 13.8 Å². The van der Waals surface area contributed by atoms with Crippen molar-refractivity contribution in [3.63, 3.8) is 0 Å². The predicted molar refractivity (Wildman–Crippen MR) is 63.4 cm³/mol. The number of hydrogen-bond acceptors (Lipinski definition) is 3. The summed E-state index contributed by atoms with van der Waals surface area (Å²) in [5.41, 5.74) is 0.667. The zero-order valence-electron chi connectivity index (χ0n) is 9.27. The lowest BCUT2D eigenvalue weighted by atomic mass is 10.2. The Morgan fingerprint density at radius 1 is 1.38 bits per heavy atom. The third kappa shape index (κ3) is 3.55. The summed E-state index contributed by atoms with van der Waals surface area (Å²) in [7, 11) is -3.37. The molecule has 0 saturated carbocycles. The van der Waals surface area contributed by atoms with Gasteiger partial charge in [-0.25, -0.2) is 8.42 Å². The van der Waals surface area contributed by atoms with E-state index in [0.29, 0.717) is 11.3 Å². The number of nitriles is 1. The van der Waals surface area contributed by atoms with Gasteiger partial charge < -0.3 is 0 Å². The van der Waals surface area contributed by atoms with E-state index in [-0.39, 0.29) is 11.7 Å². The summed E-state index contributed by atoms with van der Waals surface area (Å²) in [6.07, 6.45) is 0. The lowest BCUT2D eigenvalue weighted by Crippen LogP contribution is -2.20. The smallest absolute Gasteiger partial charge is 0.233 e. The molecule has 1 aromatic carbocycles. The number of anilines is 1. The van der Waals surface area contributed by atoms with Gasteiger partial charge >= 0.3 is 0 Å². The molecular weight excluding hydrogens is 224 g/mol. The number of sulfonamides is 1. The van der Waals surface area contributed by atoms with Crippen LogP contribution in [0.5, 0.6) is 0 Å². The minimum Gasteiger partial charge on any atom is -0.282 e. The van der Waals surface area contributed by atoms with Crippen molar-refractivity contribution in [3.8, 4) is 6.07 Å². The first-order chi connectivity index (χ1) is 7.44. The zero-order valence-corrected chi connectivity index (χ0v) is 10.1. The normalized spacial score (nSPS) is 11.1. The first-order valence-corrected chi connectivity index (χ1v) is 6.59. The molecule has 0 aliphatic carbocycles. The van der Waals surface area contributed by atoms with Crippen LogP contribution in [-0.4, -0.2) is 14.2 Å². The number of hydrogen-bond donors (Lipinski definition) is 1. The lowest BCUT2D eigenvalue weighted by Gasteiger charge is -2.10. The molecule has 0 atom stereocenters. The fourth-order valence-electron chi connectivity index (χ4n) is 1.32. The second-order valence-electron chi connectivity index (χ2n) is 3.93. The molecule has 4 nitrogen and oxygen atoms in total. The molecule has 0 heterocycles. The lowest BCUT2D eigenvalue weighted by molar-refractivity contribution is 0.587. The van der Waals surface area contributed by atoms with Crippen LogP contribution in [0.25, 0.3) is 0 Å². The molecule has 0 fully saturated rings. The van der Waals surface area contributed by atoms with Crippen molar-refractivity contribution < 1.29 is 8.42 Å². The molecule has 0 aromatic heterocycles. The number of rotatable bonds is 4. The Hall–Kier alpha value is -1.54. The van der Waals surface area contributed by atoms with E-state index in [4.69, 9.17) is 5.26 Å². The van der Waals surface area contributed by atoms with Crippen molar-refractivity contribution >= 4 is 15.7 Å². The first-order valence-electron chi connectivity index (χ1n) is 4.94. The average Bonchev–Trinajstić information content (AvgIpc) is 2.15. The molecule has 0 aliphatic heterocycles. The monoisotopic (exact) mass is 238 g/mol. The van der Waals surface area contributed by atoms with Gasteiger partial charge in [-0.15, -0.1) is 0 Å². The average molecular weight is 238 g/mol. The van der Waals surface area contributed by atoms with E-state index >= 15 is 0 Å². The summed E-state index contributed by atoms with van der Waals surface area (Å²) in [5, 5.41) is 8.81. The molecule has 0 amide bonds. The highest BCUT2D eigenvalue weighted by Crippen LogP contribution is 2.16. The molecule has 0 bridgehead atoms. The van der Waals surface area contributed by atoms with Crippen molar-refractivity contribution in [1.29, 1.82) is 5.26 Å². The van der Waals surface area contributed by atoms with Gasteiger partial charge in [0, 0.05) is 0 Å². The first kappa shape index (κ1) is 12.5. The Morgan fingerprint density at radius 3 is 2.56 bits per heavy atom. The van der Waals surface area contributed by atoms with E-state index in [1.165, 1.54) is 0 Å². The highest BCUT2D eigenvalue weighted by Gasteiger charge is 2.14. The van der Waals surface area contributed by atoms with Crippen LogP contribution in [0.4, 0.5) is 5.69 Å². The van der Waals surface area contributed by atoms with Crippen LogP contribution in [0.3, 0.4) is 0 Å². The molecule has 1 N–H and O–H groups in total. The molecule has 86 valence electrons. The Kier molecular flexibility index (Phi) is 3.91. The molecule has 1 rings (SSSR count). The van der Waals surface area contributed by atoms with Gasteiger partial charge in [0.15, 0.2) is 0 Å². The van der Waals surface area contributed by atoms with Gasteiger partial charge in [-0.2, -0.15) is 5.26 Å². The minimum atomic E-state index is -3.37. The van der Waals surface area contributed by atoms with E-state index in [0.717, 1.165) is 0 Å². The second kappa shape index (κ2) is 4.99. The topological polar surface area (TPSA) is 70.0 Å². The SMILES string of the molecule is CC(C)CS(=O)(=O)Nc1ccccc1C#N. The summed E-state index contributed by atoms with van der Waals surface area (Å²) >= 11 is 0. The summed E-state index contributed by atoms with van der Waals surface area (Å²) in [5.74, 6) is 0.0963. The Balaban J connectivity index is 2.93. The van der Waals surface area contributed by atoms with Crippen molar-refractivity contribution in [1.82, 2.24) is 0 Å². The molecule has 0 unspecified atom stereocenters. The van der Waals surface area contributed by atoms with Crippen LogP contribution in [0.1, 0.15) is 19.4 Å². The fourth-order valence-corrected chi connectivity index (χ4v) is 2.79. The Labute approximate surface area is 96.0 Å². The second-order valence-corrected chi connectivity index (χ2v) is 5.70. The highest BCUT2D eigenvalue weighted by molar-refractivity contribution is 7.92. The van der Waals surface area contributed by atoms with E-state index < -0.39 is 10.0 Å². The van der Waals surface area contributed by atoms with Crippen molar-refractivity contribution in [2.24, 2.45) is 5.92 Å². The number of nitrogens with zero attached hydrogens (tertiary/aromatic N) is 1. The number of benzene rings is 1. The van der Waals surface area contributed by atoms with Crippen LogP contribution < -0.4 is 4.72 Å². The Bertz CT molecular complexity index is 501. The van der Waals surface area contributed by atoms with Gasteiger partial charge in [0.1, 0.15) is 6.07 Å². The molecule has 0 saturated heterocycles. The molecule has 5 heteroatoms. The van der Waals surface area contributed by atoms with Gasteiger partial charge in [0.2, 0.25) is 10.0 Å². The van der Waals surface area contributed by atoms with E-state index in [1.54, 1.807) is 24.3 Å². The van der Waals surface area contributed by atoms with E-state index in [1.807, 2.05) is 19.9 Å². The van der Waals surface area contributed by atoms with Crippen LogP contribution >= 0.6 is 0 Å².